The summed E-state index contributed by atoms with van der Waals surface area (Å²) in [6.07, 6.45) is -0.115. The van der Waals surface area contributed by atoms with Crippen LogP contribution in [0.15, 0.2) is 133 Å². The lowest BCUT2D eigenvalue weighted by Gasteiger charge is -2.27. The van der Waals surface area contributed by atoms with Gasteiger partial charge in [-0.1, -0.05) is 125 Å². The van der Waals surface area contributed by atoms with E-state index in [0.717, 1.165) is 41.7 Å². The number of aliphatic hydroxyl groups is 1. The van der Waals surface area contributed by atoms with Gasteiger partial charge in [0.1, 0.15) is 40.6 Å². The molecule has 78 heavy (non-hydrogen) atoms. The first-order valence-electron chi connectivity index (χ1n) is 26.8. The van der Waals surface area contributed by atoms with E-state index in [1.807, 2.05) is 24.3 Å². The van der Waals surface area contributed by atoms with Crippen LogP contribution in [0, 0.1) is 35.1 Å². The highest BCUT2D eigenvalue weighted by atomic mass is 19.1. The molecule has 0 saturated carbocycles. The summed E-state index contributed by atoms with van der Waals surface area (Å²) in [4.78, 5) is 24.3. The molecular weight excluding hydrogens is 997 g/mol. The predicted molar refractivity (Wildman–Crippen MR) is 303 cm³/mol. The summed E-state index contributed by atoms with van der Waals surface area (Å²) in [6, 6.07) is 39.0. The fraction of sp³-hybridized carbons (Fsp3) is 0.406. The number of carbonyl (C=O) groups excluding carboxylic acids is 2. The second kappa shape index (κ2) is 29.4. The van der Waals surface area contributed by atoms with Gasteiger partial charge in [0, 0.05) is 31.8 Å². The number of aliphatic hydroxyl groups excluding tert-OH is 1. The van der Waals surface area contributed by atoms with E-state index in [4.69, 9.17) is 19.9 Å². The van der Waals surface area contributed by atoms with Gasteiger partial charge < -0.3 is 41.0 Å². The highest BCUT2D eigenvalue weighted by Gasteiger charge is 2.35. The van der Waals surface area contributed by atoms with Crippen molar-refractivity contribution in [1.82, 2.24) is 16.0 Å². The summed E-state index contributed by atoms with van der Waals surface area (Å²) in [5.41, 5.74) is 15.0. The first-order valence-corrected chi connectivity index (χ1v) is 26.8. The molecule has 1 heterocycles. The van der Waals surface area contributed by atoms with Crippen molar-refractivity contribution in [2.45, 2.75) is 144 Å². The molecule has 2 unspecified atom stereocenters. The predicted octanol–water partition coefficient (Wildman–Crippen LogP) is 13.2. The molecule has 0 spiro atoms. The number of nitrogens with two attached hydrogens (primary N) is 1. The first kappa shape index (κ1) is 62.3. The fourth-order valence-corrected chi connectivity index (χ4v) is 8.83. The van der Waals surface area contributed by atoms with E-state index < -0.39 is 58.8 Å². The average Bonchev–Trinajstić information content (AvgIpc) is 4.19. The quantitative estimate of drug-likeness (QED) is 0.0398. The molecule has 6 aromatic rings. The van der Waals surface area contributed by atoms with Crippen molar-refractivity contribution in [3.63, 3.8) is 0 Å². The summed E-state index contributed by atoms with van der Waals surface area (Å²) in [6.45, 7) is 21.1. The Morgan fingerprint density at radius 2 is 1.01 bits per heavy atom. The maximum atomic E-state index is 13.8. The van der Waals surface area contributed by atoms with E-state index in [2.05, 4.69) is 116 Å². The molecule has 2 amide bonds. The average molecular weight is 1080 g/mol. The van der Waals surface area contributed by atoms with E-state index in [0.29, 0.717) is 42.7 Å². The molecule has 0 aliphatic carbocycles. The number of halogens is 4. The molecule has 6 aromatic carbocycles. The number of hydrogen-bond donors (Lipinski definition) is 5. The molecule has 1 fully saturated rings. The molecule has 1 aliphatic rings. The highest BCUT2D eigenvalue weighted by Crippen LogP contribution is 2.28. The van der Waals surface area contributed by atoms with Crippen molar-refractivity contribution < 1.29 is 46.5 Å². The number of benzene rings is 6. The molecule has 1 saturated heterocycles. The number of epoxide rings is 1. The third-order valence-corrected chi connectivity index (χ3v) is 12.1. The Bertz CT molecular complexity index is 2790. The summed E-state index contributed by atoms with van der Waals surface area (Å²) >= 11 is 0. The SMILES string of the molecule is CC(C)(C)OC(=O)NC(Cc1cc(F)cc(F)c1)[C@H]1CO1.CC(C)Cc1ccc(-c2ccccc2)c(CN)c1.CC(C)Cc1ccc(-c2ccccc2)c(CNC[C@@H](O)C(Cc2cc(F)cc(F)c2)NC(=O)OC(C)(C)C)c1. The van der Waals surface area contributed by atoms with Crippen molar-refractivity contribution in [2.75, 3.05) is 13.2 Å². The van der Waals surface area contributed by atoms with E-state index >= 15 is 0 Å². The standard InChI is InChI=1S/C32H40F2N2O3.C17H21N.C15H19F2NO3/c1-21(2)13-22-11-12-28(24-9-7-6-8-10-24)25(14-22)19-35-20-30(37)29(36-31(38)39-32(3,4)5)17-23-15-26(33)18-27(34)16-23;1-13(2)10-14-8-9-17(16(11-14)12-18)15-6-4-3-5-7-15;1-15(2,3)21-14(19)18-12(13-8-20-13)6-9-4-10(16)7-11(17)5-9/h6-12,14-16,18,21,29-30,35,37H,13,17,19-20H2,1-5H3,(H,36,38);3-9,11,13H,10,12,18H2,1-2H3;4-5,7,12-13H,6,8H2,1-3H3,(H,18,19)/t29?,30-;;12?,13-/m1.1/s1. The fourth-order valence-electron chi connectivity index (χ4n) is 8.83. The zero-order chi connectivity index (χ0) is 57.2. The lowest BCUT2D eigenvalue weighted by atomic mass is 9.94. The molecule has 14 heteroatoms. The number of rotatable bonds is 19. The minimum absolute atomic E-state index is 0.0237. The first-order chi connectivity index (χ1) is 36.8. The van der Waals surface area contributed by atoms with Crippen LogP contribution in [0.2, 0.25) is 0 Å². The second-order valence-electron chi connectivity index (χ2n) is 22.7. The smallest absolute Gasteiger partial charge is 0.407 e. The number of alkyl carbamates (subject to hydrolysis) is 2. The number of hydrogen-bond acceptors (Lipinski definition) is 8. The Morgan fingerprint density at radius 3 is 1.44 bits per heavy atom. The highest BCUT2D eigenvalue weighted by molar-refractivity contribution is 5.70. The molecule has 6 N–H and O–H groups in total. The van der Waals surface area contributed by atoms with Crippen LogP contribution in [0.1, 0.15) is 103 Å². The van der Waals surface area contributed by atoms with Crippen molar-refractivity contribution in [3.05, 3.63) is 190 Å². The summed E-state index contributed by atoms with van der Waals surface area (Å²) in [5.74, 6) is -1.53. The minimum Gasteiger partial charge on any atom is -0.444 e. The molecule has 10 nitrogen and oxygen atoms in total. The van der Waals surface area contributed by atoms with Gasteiger partial charge in [0.25, 0.3) is 0 Å². The zero-order valence-corrected chi connectivity index (χ0v) is 46.9. The lowest BCUT2D eigenvalue weighted by Crippen LogP contribution is -2.50. The maximum absolute atomic E-state index is 13.8. The molecule has 0 aromatic heterocycles. The third kappa shape index (κ3) is 22.4. The number of carbonyl (C=O) groups is 2. The van der Waals surface area contributed by atoms with Crippen LogP contribution < -0.4 is 21.7 Å². The van der Waals surface area contributed by atoms with Gasteiger partial charge in [0.2, 0.25) is 0 Å². The Hall–Kier alpha value is -6.58. The maximum Gasteiger partial charge on any atom is 0.407 e. The van der Waals surface area contributed by atoms with Gasteiger partial charge in [-0.2, -0.15) is 0 Å². The lowest BCUT2D eigenvalue weighted by molar-refractivity contribution is 0.0421. The molecule has 1 aliphatic heterocycles. The van der Waals surface area contributed by atoms with Gasteiger partial charge in [-0.05, 0) is 159 Å². The normalized spacial score (nSPS) is 14.3. The van der Waals surface area contributed by atoms with Gasteiger partial charge in [-0.15, -0.1) is 0 Å². The van der Waals surface area contributed by atoms with Gasteiger partial charge in [-0.25, -0.2) is 27.2 Å². The van der Waals surface area contributed by atoms with Crippen LogP contribution in [0.3, 0.4) is 0 Å². The third-order valence-electron chi connectivity index (χ3n) is 12.1. The van der Waals surface area contributed by atoms with Gasteiger partial charge in [0.05, 0.1) is 24.8 Å². The Kier molecular flexibility index (Phi) is 23.5. The van der Waals surface area contributed by atoms with Crippen LogP contribution in [0.25, 0.3) is 22.3 Å². The van der Waals surface area contributed by atoms with Gasteiger partial charge in [0.15, 0.2) is 0 Å². The monoisotopic (exact) mass is 1080 g/mol. The zero-order valence-electron chi connectivity index (χ0n) is 46.9. The van der Waals surface area contributed by atoms with E-state index in [1.54, 1.807) is 41.5 Å². The molecule has 7 rings (SSSR count). The van der Waals surface area contributed by atoms with Crippen molar-refractivity contribution in [3.8, 4) is 22.3 Å². The molecule has 0 radical (unpaired) electrons. The van der Waals surface area contributed by atoms with Crippen LogP contribution >= 0.6 is 0 Å². The molecule has 0 bridgehead atoms. The summed E-state index contributed by atoms with van der Waals surface area (Å²) < 4.78 is 69.7. The van der Waals surface area contributed by atoms with E-state index in [-0.39, 0.29) is 31.5 Å². The summed E-state index contributed by atoms with van der Waals surface area (Å²) in [5, 5.41) is 19.8. The van der Waals surface area contributed by atoms with E-state index in [1.165, 1.54) is 52.1 Å². The van der Waals surface area contributed by atoms with Gasteiger partial charge >= 0.3 is 12.2 Å². The molecule has 4 atom stereocenters. The number of nitrogens with one attached hydrogen (secondary N) is 3. The number of ether oxygens (including phenoxy) is 3. The Balaban J connectivity index is 0.000000240. The Labute approximate surface area is 459 Å². The van der Waals surface area contributed by atoms with Crippen molar-refractivity contribution in [2.24, 2.45) is 17.6 Å². The molecular formula is C64H80F4N4O6. The largest absolute Gasteiger partial charge is 0.444 e. The van der Waals surface area contributed by atoms with Crippen LogP contribution in [-0.2, 0) is 53.0 Å². The van der Waals surface area contributed by atoms with E-state index in [9.17, 15) is 32.3 Å². The van der Waals surface area contributed by atoms with Crippen molar-refractivity contribution in [1.29, 1.82) is 0 Å². The topological polar surface area (TPSA) is 147 Å². The van der Waals surface area contributed by atoms with Gasteiger partial charge in [-0.3, -0.25) is 0 Å². The van der Waals surface area contributed by atoms with Crippen molar-refractivity contribution >= 4 is 12.2 Å². The second-order valence-corrected chi connectivity index (χ2v) is 22.7. The van der Waals surface area contributed by atoms with Crippen LogP contribution in [0.5, 0.6) is 0 Å². The minimum atomic E-state index is -1.05. The summed E-state index contributed by atoms with van der Waals surface area (Å²) in [7, 11) is 0. The number of amides is 2. The molecule has 420 valence electrons. The Morgan fingerprint density at radius 1 is 0.590 bits per heavy atom. The van der Waals surface area contributed by atoms with Crippen LogP contribution in [0.4, 0.5) is 27.2 Å². The van der Waals surface area contributed by atoms with Crippen LogP contribution in [-0.4, -0.2) is 65.9 Å².